The molecule has 1 aliphatic heterocycles. The number of fused-ring (bicyclic) bond motifs is 1. The minimum Gasteiger partial charge on any atom is -0.497 e. The zero-order valence-electron chi connectivity index (χ0n) is 18.1. The van der Waals surface area contributed by atoms with Crippen LogP contribution in [0.3, 0.4) is 0 Å². The van der Waals surface area contributed by atoms with Gasteiger partial charge in [-0.05, 0) is 25.0 Å². The van der Waals surface area contributed by atoms with E-state index in [0.29, 0.717) is 0 Å². The van der Waals surface area contributed by atoms with Crippen LogP contribution in [0, 0.1) is 11.6 Å². The maximum Gasteiger partial charge on any atom is 0.316 e. The summed E-state index contributed by atoms with van der Waals surface area (Å²) in [5, 5.41) is 9.14. The zero-order chi connectivity index (χ0) is 23.3. The van der Waals surface area contributed by atoms with Crippen molar-refractivity contribution in [3.8, 4) is 5.75 Å². The number of nitrogens with one attached hydrogen (secondary N) is 3. The van der Waals surface area contributed by atoms with Crippen LogP contribution in [-0.4, -0.2) is 41.2 Å². The summed E-state index contributed by atoms with van der Waals surface area (Å²) in [5.74, 6) is -3.02. The fraction of sp³-hybridized carbons (Fsp3) is 0.348. The average molecular weight is 455 g/mol. The molecule has 0 bridgehead atoms. The minimum atomic E-state index is -1.12. The van der Waals surface area contributed by atoms with Crippen molar-refractivity contribution in [2.75, 3.05) is 13.7 Å². The summed E-state index contributed by atoms with van der Waals surface area (Å²) in [6.45, 7) is 0.00405. The van der Waals surface area contributed by atoms with E-state index < -0.39 is 41.1 Å². The van der Waals surface area contributed by atoms with Gasteiger partial charge in [0.1, 0.15) is 29.1 Å². The molecule has 2 atom stereocenters. The predicted molar refractivity (Wildman–Crippen MR) is 116 cm³/mol. The van der Waals surface area contributed by atoms with Gasteiger partial charge < -0.3 is 25.3 Å². The highest BCUT2D eigenvalue weighted by molar-refractivity contribution is 5.91. The third kappa shape index (κ3) is 3.55. The molecule has 1 aliphatic carbocycles. The number of hydrogen-bond donors (Lipinski definition) is 3. The predicted octanol–water partition coefficient (Wildman–Crippen LogP) is 2.43. The molecule has 172 valence electrons. The number of urea groups is 1. The molecule has 2 aliphatic rings. The molecule has 1 saturated carbocycles. The standard InChI is InChI=1S/C23H23F2N5O3/c1-30-11-15(13-4-3-7-26-20(13)30)23(5-6-23)29-22(32)28-19-14(10-27-21(19)31)18-16(24)8-12(33-2)9-17(18)25/h3-4,7-9,11,14,19H,5-6,10H2,1-2H3,(H,27,31)(H2,28,29,32)/t14-,19-/m0/s1. The summed E-state index contributed by atoms with van der Waals surface area (Å²) in [7, 11) is 3.20. The summed E-state index contributed by atoms with van der Waals surface area (Å²) < 4.78 is 36.1. The van der Waals surface area contributed by atoms with Crippen LogP contribution < -0.4 is 20.7 Å². The Hall–Kier alpha value is -3.69. The number of halogens is 2. The van der Waals surface area contributed by atoms with Gasteiger partial charge in [0.2, 0.25) is 5.91 Å². The van der Waals surface area contributed by atoms with Gasteiger partial charge in [0.25, 0.3) is 0 Å². The fourth-order valence-corrected chi connectivity index (χ4v) is 4.66. The Morgan fingerprint density at radius 2 is 2.03 bits per heavy atom. The van der Waals surface area contributed by atoms with E-state index in [2.05, 4.69) is 20.9 Å². The van der Waals surface area contributed by atoms with Crippen LogP contribution >= 0.6 is 0 Å². The number of amides is 3. The van der Waals surface area contributed by atoms with E-state index in [0.717, 1.165) is 41.6 Å². The van der Waals surface area contributed by atoms with Crippen molar-refractivity contribution in [1.29, 1.82) is 0 Å². The van der Waals surface area contributed by atoms with Gasteiger partial charge in [-0.3, -0.25) is 4.79 Å². The smallest absolute Gasteiger partial charge is 0.316 e. The molecule has 3 aromatic rings. The van der Waals surface area contributed by atoms with Crippen LogP contribution in [0.15, 0.2) is 36.7 Å². The van der Waals surface area contributed by atoms with Crippen molar-refractivity contribution in [3.05, 3.63) is 59.4 Å². The highest BCUT2D eigenvalue weighted by atomic mass is 19.1. The molecule has 3 amide bonds. The van der Waals surface area contributed by atoms with Gasteiger partial charge in [-0.25, -0.2) is 18.6 Å². The lowest BCUT2D eigenvalue weighted by molar-refractivity contribution is -0.120. The monoisotopic (exact) mass is 455 g/mol. The number of benzene rings is 1. The van der Waals surface area contributed by atoms with Gasteiger partial charge in [-0.15, -0.1) is 0 Å². The van der Waals surface area contributed by atoms with Crippen LogP contribution in [-0.2, 0) is 17.4 Å². The van der Waals surface area contributed by atoms with Gasteiger partial charge in [0.15, 0.2) is 0 Å². The van der Waals surface area contributed by atoms with Crippen molar-refractivity contribution < 1.29 is 23.1 Å². The van der Waals surface area contributed by atoms with E-state index in [1.807, 2.05) is 29.9 Å². The molecule has 0 radical (unpaired) electrons. The normalized spacial score (nSPS) is 21.0. The summed E-state index contributed by atoms with van der Waals surface area (Å²) >= 11 is 0. The topological polar surface area (TPSA) is 97.3 Å². The Morgan fingerprint density at radius 1 is 1.30 bits per heavy atom. The number of rotatable bonds is 5. The summed E-state index contributed by atoms with van der Waals surface area (Å²) in [6.07, 6.45) is 5.12. The summed E-state index contributed by atoms with van der Waals surface area (Å²) in [5.41, 5.74) is 0.915. The largest absolute Gasteiger partial charge is 0.497 e. The highest BCUT2D eigenvalue weighted by Crippen LogP contribution is 2.48. The van der Waals surface area contributed by atoms with E-state index in [9.17, 15) is 18.4 Å². The molecule has 3 N–H and O–H groups in total. The van der Waals surface area contributed by atoms with E-state index in [-0.39, 0.29) is 17.9 Å². The van der Waals surface area contributed by atoms with Crippen molar-refractivity contribution in [2.24, 2.45) is 7.05 Å². The summed E-state index contributed by atoms with van der Waals surface area (Å²) in [4.78, 5) is 29.8. The van der Waals surface area contributed by atoms with E-state index in [4.69, 9.17) is 4.74 Å². The van der Waals surface area contributed by atoms with E-state index >= 15 is 0 Å². The summed E-state index contributed by atoms with van der Waals surface area (Å²) in [6, 6.07) is 4.22. The number of aromatic nitrogens is 2. The Morgan fingerprint density at radius 3 is 2.70 bits per heavy atom. The number of ether oxygens (including phenoxy) is 1. The Labute approximate surface area is 188 Å². The molecule has 8 nitrogen and oxygen atoms in total. The van der Waals surface area contributed by atoms with Crippen LogP contribution in [0.1, 0.15) is 29.9 Å². The second-order valence-corrected chi connectivity index (χ2v) is 8.54. The van der Waals surface area contributed by atoms with E-state index in [1.54, 1.807) is 6.20 Å². The van der Waals surface area contributed by atoms with Crippen molar-refractivity contribution in [1.82, 2.24) is 25.5 Å². The lowest BCUT2D eigenvalue weighted by Crippen LogP contribution is -2.50. The Kier molecular flexibility index (Phi) is 4.95. The molecular weight excluding hydrogens is 432 g/mol. The van der Waals surface area contributed by atoms with Crippen molar-refractivity contribution in [3.63, 3.8) is 0 Å². The van der Waals surface area contributed by atoms with Crippen molar-refractivity contribution in [2.45, 2.75) is 30.3 Å². The first-order valence-corrected chi connectivity index (χ1v) is 10.6. The Bertz CT molecular complexity index is 1250. The first kappa shape index (κ1) is 21.2. The quantitative estimate of drug-likeness (QED) is 0.551. The van der Waals surface area contributed by atoms with E-state index in [1.165, 1.54) is 7.11 Å². The molecule has 2 fully saturated rings. The lowest BCUT2D eigenvalue weighted by Gasteiger charge is -2.23. The third-order valence-electron chi connectivity index (χ3n) is 6.48. The second kappa shape index (κ2) is 7.72. The van der Waals surface area contributed by atoms with Crippen LogP contribution in [0.5, 0.6) is 5.75 Å². The lowest BCUT2D eigenvalue weighted by atomic mass is 9.92. The molecule has 33 heavy (non-hydrogen) atoms. The Balaban J connectivity index is 1.37. The molecule has 1 aromatic carbocycles. The first-order chi connectivity index (χ1) is 15.8. The number of carbonyl (C=O) groups excluding carboxylic acids is 2. The number of pyridine rings is 1. The molecule has 0 spiro atoms. The van der Waals surface area contributed by atoms with Gasteiger partial charge >= 0.3 is 6.03 Å². The molecule has 1 saturated heterocycles. The van der Waals surface area contributed by atoms with Crippen LogP contribution in [0.4, 0.5) is 13.6 Å². The van der Waals surface area contributed by atoms with Crippen LogP contribution in [0.25, 0.3) is 11.0 Å². The average Bonchev–Trinajstić information content (AvgIpc) is 3.37. The number of carbonyl (C=O) groups is 2. The molecule has 2 aromatic heterocycles. The third-order valence-corrected chi connectivity index (χ3v) is 6.48. The highest BCUT2D eigenvalue weighted by Gasteiger charge is 2.48. The number of methoxy groups -OCH3 is 1. The minimum absolute atomic E-state index is 0.00405. The molecule has 10 heteroatoms. The number of aryl methyl sites for hydroxylation is 1. The van der Waals surface area contributed by atoms with Gasteiger partial charge in [-0.1, -0.05) is 0 Å². The zero-order valence-corrected chi connectivity index (χ0v) is 18.1. The molecule has 5 rings (SSSR count). The molecule has 3 heterocycles. The van der Waals surface area contributed by atoms with Gasteiger partial charge in [-0.2, -0.15) is 0 Å². The SMILES string of the molecule is COc1cc(F)c([C@@H]2CNC(=O)[C@H]2NC(=O)NC2(c3cn(C)c4ncccc34)CC2)c(F)c1. The van der Waals surface area contributed by atoms with Crippen molar-refractivity contribution >= 4 is 23.0 Å². The van der Waals surface area contributed by atoms with Crippen LogP contribution in [0.2, 0.25) is 0 Å². The maximum absolute atomic E-state index is 14.6. The van der Waals surface area contributed by atoms with Gasteiger partial charge in [0, 0.05) is 60.5 Å². The molecule has 0 unspecified atom stereocenters. The fourth-order valence-electron chi connectivity index (χ4n) is 4.66. The van der Waals surface area contributed by atoms with Gasteiger partial charge in [0.05, 0.1) is 12.6 Å². The second-order valence-electron chi connectivity index (χ2n) is 8.54. The number of nitrogens with zero attached hydrogens (tertiary/aromatic N) is 2. The molecular formula is C23H23F2N5O3. The first-order valence-electron chi connectivity index (χ1n) is 10.6. The maximum atomic E-state index is 14.6. The number of hydrogen-bond acceptors (Lipinski definition) is 4.